The molecule has 1 aromatic carbocycles. The number of hydrogen-bond acceptors (Lipinski definition) is 8. The number of nitrogens with one attached hydrogen (secondary N) is 1. The number of ether oxygens (including phenoxy) is 2. The summed E-state index contributed by atoms with van der Waals surface area (Å²) in [6.45, 7) is 5.02. The molecule has 3 N–H and O–H groups in total. The smallest absolute Gasteiger partial charge is 0.231 e. The Bertz CT molecular complexity index is 1180. The molecule has 0 bridgehead atoms. The number of benzene rings is 1. The molecule has 2 aromatic heterocycles. The van der Waals surface area contributed by atoms with Gasteiger partial charge in [0.25, 0.3) is 0 Å². The molecule has 31 heavy (non-hydrogen) atoms. The van der Waals surface area contributed by atoms with Gasteiger partial charge in [-0.1, -0.05) is 31.5 Å². The van der Waals surface area contributed by atoms with Crippen molar-refractivity contribution in [2.24, 2.45) is 5.92 Å². The number of hydrogen-bond donors (Lipinski definition) is 2. The van der Waals surface area contributed by atoms with Crippen LogP contribution < -0.4 is 20.5 Å². The van der Waals surface area contributed by atoms with Gasteiger partial charge in [0.05, 0.1) is 0 Å². The molecule has 1 amide bonds. The SMILES string of the molecule is C#Cc1cc2c(cc1Sc1nc3c(N)ncnc3n1CCCNC(=O)C(C)C)OCO2. The van der Waals surface area contributed by atoms with Gasteiger partial charge in [0.1, 0.15) is 6.33 Å². The highest BCUT2D eigenvalue weighted by molar-refractivity contribution is 7.99. The molecule has 4 rings (SSSR count). The first kappa shape index (κ1) is 20.8. The van der Waals surface area contributed by atoms with Crippen LogP contribution in [0.5, 0.6) is 11.5 Å². The maximum atomic E-state index is 11.8. The van der Waals surface area contributed by atoms with Crippen molar-refractivity contribution in [1.82, 2.24) is 24.8 Å². The Morgan fingerprint density at radius 1 is 1.35 bits per heavy atom. The topological polar surface area (TPSA) is 117 Å². The predicted octanol–water partition coefficient (Wildman–Crippen LogP) is 2.43. The van der Waals surface area contributed by atoms with E-state index in [9.17, 15) is 4.79 Å². The zero-order valence-electron chi connectivity index (χ0n) is 17.2. The minimum atomic E-state index is -0.0547. The van der Waals surface area contributed by atoms with Gasteiger partial charge < -0.3 is 25.1 Å². The number of aromatic nitrogens is 4. The van der Waals surface area contributed by atoms with Crippen LogP contribution >= 0.6 is 11.8 Å². The summed E-state index contributed by atoms with van der Waals surface area (Å²) in [5.41, 5.74) is 7.86. The number of fused-ring (bicyclic) bond motifs is 2. The van der Waals surface area contributed by atoms with Crippen LogP contribution in [0.4, 0.5) is 5.82 Å². The van der Waals surface area contributed by atoms with Gasteiger partial charge in [-0.2, -0.15) is 0 Å². The Kier molecular flexibility index (Phi) is 5.86. The highest BCUT2D eigenvalue weighted by atomic mass is 32.2. The number of carbonyl (C=O) groups excluding carboxylic acids is 1. The molecule has 0 radical (unpaired) electrons. The van der Waals surface area contributed by atoms with Crippen molar-refractivity contribution in [3.05, 3.63) is 24.0 Å². The number of aryl methyl sites for hydroxylation is 1. The molecular weight excluding hydrogens is 416 g/mol. The Labute approximate surface area is 183 Å². The van der Waals surface area contributed by atoms with E-state index in [1.54, 1.807) is 6.07 Å². The van der Waals surface area contributed by atoms with Crippen LogP contribution in [0.2, 0.25) is 0 Å². The second-order valence-corrected chi connectivity index (χ2v) is 8.23. The largest absolute Gasteiger partial charge is 0.454 e. The molecule has 0 aliphatic carbocycles. The van der Waals surface area contributed by atoms with Gasteiger partial charge in [0.2, 0.25) is 12.7 Å². The van der Waals surface area contributed by atoms with Crippen molar-refractivity contribution < 1.29 is 14.3 Å². The van der Waals surface area contributed by atoms with Gasteiger partial charge in [-0.3, -0.25) is 4.79 Å². The molecule has 10 heteroatoms. The van der Waals surface area contributed by atoms with Crippen molar-refractivity contribution in [3.63, 3.8) is 0 Å². The molecule has 160 valence electrons. The van der Waals surface area contributed by atoms with Crippen LogP contribution in [0, 0.1) is 18.3 Å². The molecule has 0 spiro atoms. The van der Waals surface area contributed by atoms with Crippen molar-refractivity contribution in [1.29, 1.82) is 0 Å². The van der Waals surface area contributed by atoms with Gasteiger partial charge >= 0.3 is 0 Å². The third kappa shape index (κ3) is 4.22. The average molecular weight is 439 g/mol. The fourth-order valence-electron chi connectivity index (χ4n) is 3.09. The molecule has 9 nitrogen and oxygen atoms in total. The van der Waals surface area contributed by atoms with E-state index in [2.05, 4.69) is 26.2 Å². The molecular formula is C21H22N6O3S. The highest BCUT2D eigenvalue weighted by Crippen LogP contribution is 2.41. The van der Waals surface area contributed by atoms with Crippen molar-refractivity contribution in [3.8, 4) is 23.8 Å². The van der Waals surface area contributed by atoms with Crippen LogP contribution in [0.15, 0.2) is 28.5 Å². The lowest BCUT2D eigenvalue weighted by Crippen LogP contribution is -2.29. The molecule has 1 aliphatic heterocycles. The number of terminal acetylenes is 1. The van der Waals surface area contributed by atoms with Crippen LogP contribution in [0.1, 0.15) is 25.8 Å². The molecule has 0 saturated heterocycles. The monoisotopic (exact) mass is 438 g/mol. The van der Waals surface area contributed by atoms with Crippen molar-refractivity contribution in [2.75, 3.05) is 19.1 Å². The number of nitrogen functional groups attached to an aromatic ring is 1. The van der Waals surface area contributed by atoms with E-state index >= 15 is 0 Å². The molecule has 1 aliphatic rings. The summed E-state index contributed by atoms with van der Waals surface area (Å²) < 4.78 is 12.9. The van der Waals surface area contributed by atoms with E-state index in [-0.39, 0.29) is 18.6 Å². The summed E-state index contributed by atoms with van der Waals surface area (Å²) >= 11 is 1.40. The third-order valence-electron chi connectivity index (χ3n) is 4.74. The van der Waals surface area contributed by atoms with Crippen LogP contribution in [0.3, 0.4) is 0 Å². The number of nitrogens with zero attached hydrogens (tertiary/aromatic N) is 4. The number of imidazole rings is 1. The zero-order chi connectivity index (χ0) is 22.0. The number of amides is 1. The lowest BCUT2D eigenvalue weighted by atomic mass is 10.2. The van der Waals surface area contributed by atoms with E-state index in [4.69, 9.17) is 21.6 Å². The number of carbonyl (C=O) groups is 1. The maximum Gasteiger partial charge on any atom is 0.231 e. The van der Waals surface area contributed by atoms with E-state index in [0.29, 0.717) is 58.7 Å². The minimum Gasteiger partial charge on any atom is -0.454 e. The average Bonchev–Trinajstić information content (AvgIpc) is 3.35. The van der Waals surface area contributed by atoms with Gasteiger partial charge in [0, 0.05) is 35.5 Å². The summed E-state index contributed by atoms with van der Waals surface area (Å²) in [7, 11) is 0. The first-order valence-corrected chi connectivity index (χ1v) is 10.6. The maximum absolute atomic E-state index is 11.8. The van der Waals surface area contributed by atoms with E-state index in [0.717, 1.165) is 4.90 Å². The molecule has 3 aromatic rings. The van der Waals surface area contributed by atoms with Gasteiger partial charge in [-0.05, 0) is 12.5 Å². The number of anilines is 1. The summed E-state index contributed by atoms with van der Waals surface area (Å²) in [5.74, 6) is 4.23. The Hall–Kier alpha value is -3.45. The fourth-order valence-corrected chi connectivity index (χ4v) is 4.10. The normalized spacial score (nSPS) is 12.3. The highest BCUT2D eigenvalue weighted by Gasteiger charge is 2.21. The first-order valence-electron chi connectivity index (χ1n) is 9.80. The summed E-state index contributed by atoms with van der Waals surface area (Å²) in [6, 6.07) is 3.64. The second-order valence-electron chi connectivity index (χ2n) is 7.22. The molecule has 0 saturated carbocycles. The standard InChI is InChI=1S/C21H22N6O3S/c1-4-13-8-14-15(30-11-29-14)9-16(13)31-21-26-17-18(22)24-10-25-19(17)27(21)7-5-6-23-20(28)12(2)3/h1,8-10,12H,5-7,11H2,2-3H3,(H,23,28)(H2,22,24,25). The Balaban J connectivity index is 1.63. The quantitative estimate of drug-likeness (QED) is 0.427. The van der Waals surface area contributed by atoms with Gasteiger partial charge in [-0.25, -0.2) is 15.0 Å². The fraction of sp³-hybridized carbons (Fsp3) is 0.333. The van der Waals surface area contributed by atoms with E-state index < -0.39 is 0 Å². The predicted molar refractivity (Wildman–Crippen MR) is 117 cm³/mol. The van der Waals surface area contributed by atoms with Crippen LogP contribution in [-0.4, -0.2) is 38.8 Å². The van der Waals surface area contributed by atoms with Crippen LogP contribution in [-0.2, 0) is 11.3 Å². The molecule has 0 unspecified atom stereocenters. The van der Waals surface area contributed by atoms with E-state index in [1.807, 2.05) is 24.5 Å². The van der Waals surface area contributed by atoms with Crippen molar-refractivity contribution >= 4 is 34.7 Å². The first-order chi connectivity index (χ1) is 15.0. The van der Waals surface area contributed by atoms with Gasteiger partial charge in [-0.15, -0.1) is 6.42 Å². The summed E-state index contributed by atoms with van der Waals surface area (Å²) in [6.07, 6.45) is 7.83. The lowest BCUT2D eigenvalue weighted by Gasteiger charge is -2.11. The molecule has 0 atom stereocenters. The van der Waals surface area contributed by atoms with Crippen LogP contribution in [0.25, 0.3) is 11.2 Å². The third-order valence-corrected chi connectivity index (χ3v) is 5.79. The molecule has 3 heterocycles. The van der Waals surface area contributed by atoms with E-state index in [1.165, 1.54) is 18.1 Å². The zero-order valence-corrected chi connectivity index (χ0v) is 18.0. The van der Waals surface area contributed by atoms with Crippen molar-refractivity contribution in [2.45, 2.75) is 36.9 Å². The summed E-state index contributed by atoms with van der Waals surface area (Å²) in [4.78, 5) is 25.7. The van der Waals surface area contributed by atoms with Gasteiger partial charge in [0.15, 0.2) is 33.6 Å². The summed E-state index contributed by atoms with van der Waals surface area (Å²) in [5, 5.41) is 3.60. The minimum absolute atomic E-state index is 0.0238. The molecule has 0 fully saturated rings. The number of nitrogens with two attached hydrogens (primary N) is 1. The Morgan fingerprint density at radius 3 is 2.87 bits per heavy atom. The Morgan fingerprint density at radius 2 is 2.13 bits per heavy atom. The number of rotatable bonds is 7. The lowest BCUT2D eigenvalue weighted by molar-refractivity contribution is -0.123. The second kappa shape index (κ2) is 8.73.